The van der Waals surface area contributed by atoms with Gasteiger partial charge in [0.15, 0.2) is 0 Å². The van der Waals surface area contributed by atoms with Gasteiger partial charge in [-0.2, -0.15) is 13.2 Å². The van der Waals surface area contributed by atoms with Gasteiger partial charge in [0.05, 0.1) is 23.9 Å². The molecule has 0 amide bonds. The lowest BCUT2D eigenvalue weighted by Crippen LogP contribution is -2.03. The van der Waals surface area contributed by atoms with E-state index in [1.54, 1.807) is 28.9 Å². The molecule has 2 aromatic heterocycles. The average Bonchev–Trinajstić information content (AvgIpc) is 2.96. The number of imidazole rings is 1. The number of hydrogen-bond acceptors (Lipinski definition) is 3. The number of fused-ring (bicyclic) bond motifs is 1. The van der Waals surface area contributed by atoms with E-state index in [4.69, 9.17) is 0 Å². The molecule has 7 heteroatoms. The van der Waals surface area contributed by atoms with Gasteiger partial charge in [-0.1, -0.05) is 12.1 Å². The van der Waals surface area contributed by atoms with Crippen LogP contribution < -0.4 is 0 Å². The Kier molecular flexibility index (Phi) is 3.55. The summed E-state index contributed by atoms with van der Waals surface area (Å²) in [5.74, 6) is -0.475. The minimum Gasteiger partial charge on any atom is -0.465 e. The van der Waals surface area contributed by atoms with E-state index in [1.807, 2.05) is 0 Å². The number of nitrogens with zero attached hydrogens (tertiary/aromatic N) is 2. The van der Waals surface area contributed by atoms with Crippen molar-refractivity contribution >= 4 is 11.6 Å². The molecule has 0 fully saturated rings. The molecule has 4 nitrogen and oxygen atoms in total. The molecule has 0 atom stereocenters. The molecule has 0 saturated heterocycles. The second-order valence-corrected chi connectivity index (χ2v) is 4.88. The first-order valence-corrected chi connectivity index (χ1v) is 6.63. The number of carbonyl (C=O) groups excluding carboxylic acids is 1. The van der Waals surface area contributed by atoms with Gasteiger partial charge in [-0.15, -0.1) is 0 Å². The van der Waals surface area contributed by atoms with Gasteiger partial charge in [-0.05, 0) is 24.3 Å². The van der Waals surface area contributed by atoms with Crippen LogP contribution in [0.25, 0.3) is 16.9 Å². The van der Waals surface area contributed by atoms with Crippen molar-refractivity contribution in [3.8, 4) is 11.3 Å². The fourth-order valence-electron chi connectivity index (χ4n) is 2.20. The van der Waals surface area contributed by atoms with Crippen molar-refractivity contribution in [3.05, 3.63) is 59.9 Å². The summed E-state index contributed by atoms with van der Waals surface area (Å²) < 4.78 is 44.0. The summed E-state index contributed by atoms with van der Waals surface area (Å²) in [7, 11) is 1.29. The molecule has 0 unspecified atom stereocenters. The lowest BCUT2D eigenvalue weighted by atomic mass is 10.1. The topological polar surface area (TPSA) is 43.6 Å². The van der Waals surface area contributed by atoms with E-state index in [0.717, 1.165) is 12.1 Å². The van der Waals surface area contributed by atoms with Crippen LogP contribution in [0, 0.1) is 0 Å². The number of ether oxygens (including phenoxy) is 1. The van der Waals surface area contributed by atoms with Gasteiger partial charge in [-0.3, -0.25) is 0 Å². The van der Waals surface area contributed by atoms with Crippen molar-refractivity contribution in [2.45, 2.75) is 6.18 Å². The van der Waals surface area contributed by atoms with E-state index < -0.39 is 17.7 Å². The summed E-state index contributed by atoms with van der Waals surface area (Å²) in [6, 6.07) is 7.97. The first-order chi connectivity index (χ1) is 10.9. The maximum atomic E-state index is 12.6. The Balaban J connectivity index is 1.98. The highest BCUT2D eigenvalue weighted by atomic mass is 19.4. The number of carbonyl (C=O) groups is 1. The largest absolute Gasteiger partial charge is 0.465 e. The molecule has 23 heavy (non-hydrogen) atoms. The van der Waals surface area contributed by atoms with Gasteiger partial charge in [0, 0.05) is 18.0 Å². The first kappa shape index (κ1) is 15.1. The van der Waals surface area contributed by atoms with Gasteiger partial charge in [0.2, 0.25) is 0 Å². The molecular weight excluding hydrogens is 309 g/mol. The van der Waals surface area contributed by atoms with E-state index in [9.17, 15) is 18.0 Å². The third-order valence-electron chi connectivity index (χ3n) is 3.38. The minimum absolute atomic E-state index is 0.358. The second-order valence-electron chi connectivity index (χ2n) is 4.88. The highest BCUT2D eigenvalue weighted by Gasteiger charge is 2.30. The molecule has 1 aromatic carbocycles. The fraction of sp³-hybridized carbons (Fsp3) is 0.125. The standard InChI is InChI=1S/C16H11F3N2O2/c1-23-15(22)11-4-7-14-20-13(9-21(14)8-11)10-2-5-12(6-3-10)16(17,18)19/h2-9H,1H3. The average molecular weight is 320 g/mol. The summed E-state index contributed by atoms with van der Waals surface area (Å²) in [5.41, 5.74) is 1.30. The van der Waals surface area contributed by atoms with Gasteiger partial charge >= 0.3 is 12.1 Å². The number of benzene rings is 1. The zero-order chi connectivity index (χ0) is 16.6. The minimum atomic E-state index is -4.37. The van der Waals surface area contributed by atoms with Crippen LogP contribution in [-0.2, 0) is 10.9 Å². The molecule has 0 aliphatic carbocycles. The predicted octanol–water partition coefficient (Wildman–Crippen LogP) is 3.81. The van der Waals surface area contributed by atoms with Crippen LogP contribution >= 0.6 is 0 Å². The van der Waals surface area contributed by atoms with Crippen molar-refractivity contribution in [1.29, 1.82) is 0 Å². The van der Waals surface area contributed by atoms with E-state index >= 15 is 0 Å². The molecule has 0 aliphatic heterocycles. The van der Waals surface area contributed by atoms with E-state index in [0.29, 0.717) is 22.5 Å². The maximum Gasteiger partial charge on any atom is 0.416 e. The van der Waals surface area contributed by atoms with Gasteiger partial charge in [0.1, 0.15) is 5.65 Å². The molecule has 118 valence electrons. The predicted molar refractivity (Wildman–Crippen MR) is 77.0 cm³/mol. The summed E-state index contributed by atoms with van der Waals surface area (Å²) in [6.07, 6.45) is -1.17. The summed E-state index contributed by atoms with van der Waals surface area (Å²) in [4.78, 5) is 15.8. The molecule has 2 heterocycles. The molecule has 0 bridgehead atoms. The molecule has 0 saturated carbocycles. The second kappa shape index (κ2) is 5.42. The molecule has 3 aromatic rings. The van der Waals surface area contributed by atoms with Crippen molar-refractivity contribution in [2.24, 2.45) is 0 Å². The third-order valence-corrected chi connectivity index (χ3v) is 3.38. The Hall–Kier alpha value is -2.83. The maximum absolute atomic E-state index is 12.6. The SMILES string of the molecule is COC(=O)c1ccc2nc(-c3ccc(C(F)(F)F)cc3)cn2c1. The van der Waals surface area contributed by atoms with Crippen LogP contribution in [0.5, 0.6) is 0 Å². The van der Waals surface area contributed by atoms with Gasteiger partial charge in [-0.25, -0.2) is 9.78 Å². The van der Waals surface area contributed by atoms with Crippen LogP contribution in [0.1, 0.15) is 15.9 Å². The Morgan fingerprint density at radius 3 is 2.39 bits per heavy atom. The third kappa shape index (κ3) is 2.90. The summed E-state index contributed by atoms with van der Waals surface area (Å²) >= 11 is 0. The van der Waals surface area contributed by atoms with Crippen LogP contribution in [0.4, 0.5) is 13.2 Å². The van der Waals surface area contributed by atoms with Crippen molar-refractivity contribution in [3.63, 3.8) is 0 Å². The van der Waals surface area contributed by atoms with Crippen LogP contribution in [-0.4, -0.2) is 22.5 Å². The highest BCUT2D eigenvalue weighted by molar-refractivity contribution is 5.89. The number of esters is 1. The van der Waals surface area contributed by atoms with Crippen LogP contribution in [0.2, 0.25) is 0 Å². The Morgan fingerprint density at radius 1 is 1.09 bits per heavy atom. The zero-order valence-electron chi connectivity index (χ0n) is 12.0. The van der Waals surface area contributed by atoms with Crippen molar-refractivity contribution in [2.75, 3.05) is 7.11 Å². The summed E-state index contributed by atoms with van der Waals surface area (Å²) in [6.45, 7) is 0. The number of methoxy groups -OCH3 is 1. The molecule has 0 spiro atoms. The number of hydrogen-bond donors (Lipinski definition) is 0. The Labute approximate surface area is 129 Å². The number of aromatic nitrogens is 2. The number of halogens is 3. The zero-order valence-corrected chi connectivity index (χ0v) is 12.0. The Bertz CT molecular complexity index is 867. The lowest BCUT2D eigenvalue weighted by Gasteiger charge is -2.06. The Morgan fingerprint density at radius 2 is 1.78 bits per heavy atom. The number of rotatable bonds is 2. The fourth-order valence-corrected chi connectivity index (χ4v) is 2.20. The summed E-state index contributed by atoms with van der Waals surface area (Å²) in [5, 5.41) is 0. The van der Waals surface area contributed by atoms with Gasteiger partial charge in [0.25, 0.3) is 0 Å². The lowest BCUT2D eigenvalue weighted by molar-refractivity contribution is -0.137. The molecule has 0 aliphatic rings. The van der Waals surface area contributed by atoms with Crippen molar-refractivity contribution in [1.82, 2.24) is 9.38 Å². The molecule has 0 radical (unpaired) electrons. The molecular formula is C16H11F3N2O2. The molecule has 0 N–H and O–H groups in total. The molecule has 3 rings (SSSR count). The first-order valence-electron chi connectivity index (χ1n) is 6.63. The van der Waals surface area contributed by atoms with Crippen LogP contribution in [0.15, 0.2) is 48.8 Å². The number of alkyl halides is 3. The van der Waals surface area contributed by atoms with E-state index in [1.165, 1.54) is 19.2 Å². The van der Waals surface area contributed by atoms with Gasteiger partial charge < -0.3 is 9.14 Å². The smallest absolute Gasteiger partial charge is 0.416 e. The highest BCUT2D eigenvalue weighted by Crippen LogP contribution is 2.30. The normalized spacial score (nSPS) is 11.7. The number of pyridine rings is 1. The van der Waals surface area contributed by atoms with E-state index in [2.05, 4.69) is 9.72 Å². The van der Waals surface area contributed by atoms with Crippen LogP contribution in [0.3, 0.4) is 0 Å². The van der Waals surface area contributed by atoms with Crippen molar-refractivity contribution < 1.29 is 22.7 Å². The van der Waals surface area contributed by atoms with E-state index in [-0.39, 0.29) is 0 Å². The monoisotopic (exact) mass is 320 g/mol. The quantitative estimate of drug-likeness (QED) is 0.675.